The number of hydrogen-bond acceptors (Lipinski definition) is 4. The third kappa shape index (κ3) is 3.76. The minimum absolute atomic E-state index is 0.159. The molecule has 1 N–H and O–H groups in total. The Labute approximate surface area is 160 Å². The Morgan fingerprint density at radius 3 is 2.23 bits per heavy atom. The van der Waals surface area contributed by atoms with Crippen molar-refractivity contribution in [3.8, 4) is 5.75 Å². The van der Waals surface area contributed by atoms with E-state index in [1.54, 1.807) is 12.1 Å². The zero-order valence-corrected chi connectivity index (χ0v) is 16.3. The molecule has 1 fully saturated rings. The van der Waals surface area contributed by atoms with E-state index in [1.807, 2.05) is 58.0 Å². The summed E-state index contributed by atoms with van der Waals surface area (Å²) in [4.78, 5) is 0. The van der Waals surface area contributed by atoms with E-state index in [2.05, 4.69) is 0 Å². The highest BCUT2D eigenvalue weighted by atomic mass is 35.5. The fourth-order valence-corrected chi connectivity index (χ4v) is 3.01. The molecule has 0 atom stereocenters. The largest absolute Gasteiger partial charge is 0.496 e. The van der Waals surface area contributed by atoms with Gasteiger partial charge >= 0.3 is 7.12 Å². The molecule has 2 aromatic rings. The summed E-state index contributed by atoms with van der Waals surface area (Å²) in [5.74, 6) is 0.557. The quantitative estimate of drug-likeness (QED) is 0.811. The predicted molar refractivity (Wildman–Crippen MR) is 104 cm³/mol. The maximum absolute atomic E-state index is 9.77. The van der Waals surface area contributed by atoms with Gasteiger partial charge in [0.1, 0.15) is 12.4 Å². The van der Waals surface area contributed by atoms with Gasteiger partial charge in [-0.25, -0.2) is 0 Å². The molecule has 1 heterocycles. The van der Waals surface area contributed by atoms with Crippen molar-refractivity contribution in [2.45, 2.75) is 52.1 Å². The highest BCUT2D eigenvalue weighted by molar-refractivity contribution is 6.65. The Hall–Kier alpha value is -1.53. The van der Waals surface area contributed by atoms with Crippen LogP contribution in [0.4, 0.5) is 0 Å². The lowest BCUT2D eigenvalue weighted by molar-refractivity contribution is 0.00578. The van der Waals surface area contributed by atoms with Crippen LogP contribution in [0.25, 0.3) is 0 Å². The van der Waals surface area contributed by atoms with E-state index in [4.69, 9.17) is 25.6 Å². The molecule has 0 saturated carbocycles. The van der Waals surface area contributed by atoms with Crippen molar-refractivity contribution in [1.82, 2.24) is 0 Å². The first-order chi connectivity index (χ1) is 12.2. The first-order valence-corrected chi connectivity index (χ1v) is 9.07. The number of ether oxygens (including phenoxy) is 1. The average Bonchev–Trinajstić information content (AvgIpc) is 2.81. The lowest BCUT2D eigenvalue weighted by Crippen LogP contribution is -2.41. The first kappa shape index (κ1) is 19.2. The molecule has 0 spiro atoms. The normalized spacial score (nSPS) is 18.2. The van der Waals surface area contributed by atoms with Gasteiger partial charge in [-0.05, 0) is 39.3 Å². The van der Waals surface area contributed by atoms with Crippen LogP contribution in [0.1, 0.15) is 38.8 Å². The van der Waals surface area contributed by atoms with Crippen LogP contribution in [0.15, 0.2) is 42.5 Å². The molecule has 0 bridgehead atoms. The monoisotopic (exact) mass is 374 g/mol. The molecule has 6 heteroatoms. The van der Waals surface area contributed by atoms with Crippen molar-refractivity contribution in [1.29, 1.82) is 0 Å². The van der Waals surface area contributed by atoms with Crippen LogP contribution >= 0.6 is 11.6 Å². The first-order valence-electron chi connectivity index (χ1n) is 8.69. The Morgan fingerprint density at radius 1 is 1.04 bits per heavy atom. The molecule has 0 unspecified atom stereocenters. The minimum Gasteiger partial charge on any atom is -0.488 e. The Kier molecular flexibility index (Phi) is 5.36. The maximum atomic E-state index is 9.77. The van der Waals surface area contributed by atoms with Crippen LogP contribution in [-0.4, -0.2) is 23.4 Å². The topological polar surface area (TPSA) is 47.9 Å². The molecule has 0 aliphatic carbocycles. The number of hydrogen-bond donors (Lipinski definition) is 1. The molecule has 0 radical (unpaired) electrons. The summed E-state index contributed by atoms with van der Waals surface area (Å²) in [7, 11) is -0.582. The van der Waals surface area contributed by atoms with Crippen LogP contribution < -0.4 is 10.2 Å². The van der Waals surface area contributed by atoms with Gasteiger partial charge in [-0.1, -0.05) is 48.0 Å². The molecule has 4 nitrogen and oxygen atoms in total. The Balaban J connectivity index is 1.84. The predicted octanol–water partition coefficient (Wildman–Crippen LogP) is 3.71. The van der Waals surface area contributed by atoms with Gasteiger partial charge < -0.3 is 19.2 Å². The Morgan fingerprint density at radius 2 is 1.65 bits per heavy atom. The number of halogens is 1. The molecule has 1 saturated heterocycles. The molecule has 0 aromatic heterocycles. The molecule has 0 amide bonds. The minimum atomic E-state index is -0.582. The fraction of sp³-hybridized carbons (Fsp3) is 0.400. The summed E-state index contributed by atoms with van der Waals surface area (Å²) in [6.07, 6.45) is 0. The average molecular weight is 375 g/mol. The highest BCUT2D eigenvalue weighted by Crippen LogP contribution is 2.37. The second-order valence-electron chi connectivity index (χ2n) is 7.50. The smallest absolute Gasteiger partial charge is 0.488 e. The zero-order valence-electron chi connectivity index (χ0n) is 15.6. The second-order valence-corrected chi connectivity index (χ2v) is 7.91. The van der Waals surface area contributed by atoms with Crippen molar-refractivity contribution in [2.75, 3.05) is 0 Å². The van der Waals surface area contributed by atoms with Gasteiger partial charge in [0.15, 0.2) is 0 Å². The number of rotatable bonds is 5. The van der Waals surface area contributed by atoms with Crippen LogP contribution in [0.3, 0.4) is 0 Å². The fourth-order valence-electron chi connectivity index (χ4n) is 2.76. The van der Waals surface area contributed by atoms with Gasteiger partial charge in [0.2, 0.25) is 0 Å². The van der Waals surface area contributed by atoms with Gasteiger partial charge in [-0.3, -0.25) is 0 Å². The van der Waals surface area contributed by atoms with E-state index < -0.39 is 18.3 Å². The van der Waals surface area contributed by atoms with Gasteiger partial charge in [-0.2, -0.15) is 0 Å². The SMILES string of the molecule is CC1(C)OB(c2cc(CO)c(OCc3ccccc3)cc2Cl)OC1(C)C. The van der Waals surface area contributed by atoms with Gasteiger partial charge in [0.25, 0.3) is 0 Å². The van der Waals surface area contributed by atoms with E-state index in [-0.39, 0.29) is 6.61 Å². The van der Waals surface area contributed by atoms with Gasteiger partial charge in [0, 0.05) is 16.0 Å². The molecule has 26 heavy (non-hydrogen) atoms. The summed E-state index contributed by atoms with van der Waals surface area (Å²) in [5.41, 5.74) is 1.48. The van der Waals surface area contributed by atoms with Crippen molar-refractivity contribution >= 4 is 24.2 Å². The molecule has 2 aromatic carbocycles. The highest BCUT2D eigenvalue weighted by Gasteiger charge is 2.52. The van der Waals surface area contributed by atoms with Crippen LogP contribution in [0.2, 0.25) is 5.02 Å². The van der Waals surface area contributed by atoms with E-state index in [1.165, 1.54) is 0 Å². The zero-order chi connectivity index (χ0) is 18.9. The van der Waals surface area contributed by atoms with Crippen LogP contribution in [-0.2, 0) is 22.5 Å². The van der Waals surface area contributed by atoms with E-state index in [0.717, 1.165) is 5.56 Å². The van der Waals surface area contributed by atoms with Gasteiger partial charge in [-0.15, -0.1) is 0 Å². The Bertz CT molecular complexity index is 761. The van der Waals surface area contributed by atoms with Gasteiger partial charge in [0.05, 0.1) is 17.8 Å². The molecule has 3 rings (SSSR count). The van der Waals surface area contributed by atoms with Crippen molar-refractivity contribution in [3.05, 3.63) is 58.6 Å². The van der Waals surface area contributed by atoms with E-state index in [9.17, 15) is 5.11 Å². The van der Waals surface area contributed by atoms with E-state index in [0.29, 0.717) is 28.4 Å². The van der Waals surface area contributed by atoms with E-state index >= 15 is 0 Å². The number of aliphatic hydroxyl groups excluding tert-OH is 1. The molecule has 1 aliphatic rings. The molecule has 1 aliphatic heterocycles. The molecule has 138 valence electrons. The summed E-state index contributed by atoms with van der Waals surface area (Å²) in [6, 6.07) is 13.4. The third-order valence-electron chi connectivity index (χ3n) is 5.09. The number of aliphatic hydroxyl groups is 1. The summed E-state index contributed by atoms with van der Waals surface area (Å²) >= 11 is 6.48. The molecular formula is C20H24BClO4. The lowest BCUT2D eigenvalue weighted by Gasteiger charge is -2.32. The standard InChI is InChI=1S/C20H24BClO4/c1-19(2)20(3,4)26-21(25-19)16-10-15(12-23)18(11-17(16)22)24-13-14-8-6-5-7-9-14/h5-11,23H,12-13H2,1-4H3. The maximum Gasteiger partial charge on any atom is 0.496 e. The van der Waals surface area contributed by atoms with Crippen molar-refractivity contribution < 1.29 is 19.2 Å². The second kappa shape index (κ2) is 7.24. The lowest BCUT2D eigenvalue weighted by atomic mass is 9.78. The summed E-state index contributed by atoms with van der Waals surface area (Å²) < 4.78 is 18.0. The summed E-state index contributed by atoms with van der Waals surface area (Å²) in [5, 5.41) is 10.3. The van der Waals surface area contributed by atoms with Crippen LogP contribution in [0, 0.1) is 0 Å². The third-order valence-corrected chi connectivity index (χ3v) is 5.42. The van der Waals surface area contributed by atoms with Crippen molar-refractivity contribution in [2.24, 2.45) is 0 Å². The molecular weight excluding hydrogens is 350 g/mol. The summed E-state index contributed by atoms with van der Waals surface area (Å²) in [6.45, 7) is 8.21. The van der Waals surface area contributed by atoms with Crippen molar-refractivity contribution in [3.63, 3.8) is 0 Å². The van der Waals surface area contributed by atoms with Crippen LogP contribution in [0.5, 0.6) is 5.75 Å². The number of benzene rings is 2.